The molecule has 4 aromatic rings. The summed E-state index contributed by atoms with van der Waals surface area (Å²) in [5.41, 5.74) is 4.52. The number of hydrogen-bond donors (Lipinski definition) is 2. The first-order valence-electron chi connectivity index (χ1n) is 11.6. The molecule has 9 heteroatoms. The average molecular weight is 499 g/mol. The molecular weight excluding hydrogens is 472 g/mol. The van der Waals surface area contributed by atoms with Crippen molar-refractivity contribution < 1.29 is 23.8 Å². The Bertz CT molecular complexity index is 1370. The van der Waals surface area contributed by atoms with Crippen LogP contribution in [0.3, 0.4) is 0 Å². The summed E-state index contributed by atoms with van der Waals surface area (Å²) in [7, 11) is 0. The fourth-order valence-corrected chi connectivity index (χ4v) is 3.34. The van der Waals surface area contributed by atoms with Crippen molar-refractivity contribution in [1.29, 1.82) is 0 Å². The van der Waals surface area contributed by atoms with Crippen molar-refractivity contribution in [2.45, 2.75) is 6.92 Å². The molecule has 0 fully saturated rings. The molecule has 188 valence electrons. The van der Waals surface area contributed by atoms with Crippen LogP contribution in [0.1, 0.15) is 12.5 Å². The standard InChI is InChI=1S/C28H26N4O5/c1-2-35-23-14-10-22(11-15-23)31-26(33)18-36-24-12-8-20(9-13-24)17-30-32-27(34)19-37-25-7-3-5-21-6-4-16-29-28(21)25/h3-17H,2,18-19H2,1H3,(H,31,33)(H,32,34)/b30-17-. The molecule has 0 bridgehead atoms. The summed E-state index contributed by atoms with van der Waals surface area (Å²) in [5, 5.41) is 7.65. The average Bonchev–Trinajstić information content (AvgIpc) is 2.92. The molecule has 0 aliphatic rings. The predicted molar refractivity (Wildman–Crippen MR) is 141 cm³/mol. The summed E-state index contributed by atoms with van der Waals surface area (Å²) in [6, 6.07) is 23.4. The molecule has 0 atom stereocenters. The highest BCUT2D eigenvalue weighted by atomic mass is 16.5. The maximum Gasteiger partial charge on any atom is 0.277 e. The van der Waals surface area contributed by atoms with Crippen LogP contribution in [0.15, 0.2) is 90.2 Å². The lowest BCUT2D eigenvalue weighted by atomic mass is 10.2. The van der Waals surface area contributed by atoms with Gasteiger partial charge in [0.25, 0.3) is 11.8 Å². The number of amides is 2. The summed E-state index contributed by atoms with van der Waals surface area (Å²) >= 11 is 0. The summed E-state index contributed by atoms with van der Waals surface area (Å²) in [6.07, 6.45) is 3.17. The van der Waals surface area contributed by atoms with Crippen molar-refractivity contribution in [3.63, 3.8) is 0 Å². The monoisotopic (exact) mass is 498 g/mol. The summed E-state index contributed by atoms with van der Waals surface area (Å²) in [6.45, 7) is 2.16. The molecule has 2 N–H and O–H groups in total. The van der Waals surface area contributed by atoms with Crippen LogP contribution in [0.25, 0.3) is 10.9 Å². The van der Waals surface area contributed by atoms with E-state index in [0.29, 0.717) is 29.3 Å². The molecule has 1 aromatic heterocycles. The van der Waals surface area contributed by atoms with E-state index in [4.69, 9.17) is 14.2 Å². The number of carbonyl (C=O) groups is 2. The SMILES string of the molecule is CCOc1ccc(NC(=O)COc2ccc(/C=N\NC(=O)COc3cccc4cccnc34)cc2)cc1. The Morgan fingerprint density at radius 2 is 1.54 bits per heavy atom. The molecule has 37 heavy (non-hydrogen) atoms. The minimum absolute atomic E-state index is 0.136. The van der Waals surface area contributed by atoms with Gasteiger partial charge in [0.15, 0.2) is 13.2 Å². The number of aromatic nitrogens is 1. The van der Waals surface area contributed by atoms with Crippen LogP contribution in [0.2, 0.25) is 0 Å². The summed E-state index contributed by atoms with van der Waals surface area (Å²) in [5.74, 6) is 1.12. The zero-order valence-electron chi connectivity index (χ0n) is 20.2. The van der Waals surface area contributed by atoms with Gasteiger partial charge in [-0.2, -0.15) is 5.10 Å². The van der Waals surface area contributed by atoms with Crippen LogP contribution in [0, 0.1) is 0 Å². The van der Waals surface area contributed by atoms with Crippen LogP contribution in [0.4, 0.5) is 5.69 Å². The lowest BCUT2D eigenvalue weighted by molar-refractivity contribution is -0.123. The number of nitrogens with one attached hydrogen (secondary N) is 2. The van der Waals surface area contributed by atoms with Crippen molar-refractivity contribution in [2.75, 3.05) is 25.1 Å². The molecule has 0 spiro atoms. The molecule has 0 saturated heterocycles. The molecule has 0 unspecified atom stereocenters. The minimum atomic E-state index is -0.400. The van der Waals surface area contributed by atoms with E-state index in [1.807, 2.05) is 31.2 Å². The summed E-state index contributed by atoms with van der Waals surface area (Å²) < 4.78 is 16.5. The van der Waals surface area contributed by atoms with Crippen LogP contribution in [0.5, 0.6) is 17.2 Å². The predicted octanol–water partition coefficient (Wildman–Crippen LogP) is 4.18. The number of hydrogen-bond acceptors (Lipinski definition) is 7. The van der Waals surface area contributed by atoms with E-state index in [1.165, 1.54) is 6.21 Å². The molecule has 2 amide bonds. The highest BCUT2D eigenvalue weighted by molar-refractivity contribution is 5.92. The largest absolute Gasteiger partial charge is 0.494 e. The third kappa shape index (κ3) is 7.53. The van der Waals surface area contributed by atoms with Crippen LogP contribution in [-0.2, 0) is 9.59 Å². The van der Waals surface area contributed by atoms with E-state index in [9.17, 15) is 9.59 Å². The highest BCUT2D eigenvalue weighted by Gasteiger charge is 2.07. The number of hydrazone groups is 1. The summed E-state index contributed by atoms with van der Waals surface area (Å²) in [4.78, 5) is 28.5. The van der Waals surface area contributed by atoms with Crippen molar-refractivity contribution in [3.8, 4) is 17.2 Å². The first kappa shape index (κ1) is 25.2. The van der Waals surface area contributed by atoms with E-state index in [2.05, 4.69) is 20.8 Å². The number of anilines is 1. The second-order valence-corrected chi connectivity index (χ2v) is 7.78. The number of rotatable bonds is 11. The van der Waals surface area contributed by atoms with Crippen LogP contribution in [-0.4, -0.2) is 42.8 Å². The molecular formula is C28H26N4O5. The van der Waals surface area contributed by atoms with Gasteiger partial charge in [-0.3, -0.25) is 14.6 Å². The molecule has 3 aromatic carbocycles. The van der Waals surface area contributed by atoms with Crippen molar-refractivity contribution in [2.24, 2.45) is 5.10 Å². The fourth-order valence-electron chi connectivity index (χ4n) is 3.34. The highest BCUT2D eigenvalue weighted by Crippen LogP contribution is 2.22. The molecule has 0 aliphatic carbocycles. The van der Waals surface area contributed by atoms with E-state index in [0.717, 1.165) is 16.7 Å². The number of ether oxygens (including phenoxy) is 3. The molecule has 0 aliphatic heterocycles. The van der Waals surface area contributed by atoms with E-state index in [-0.39, 0.29) is 19.1 Å². The first-order chi connectivity index (χ1) is 18.1. The Kier molecular flexibility index (Phi) is 8.63. The number of para-hydroxylation sites is 1. The van der Waals surface area contributed by atoms with Crippen LogP contribution >= 0.6 is 0 Å². The van der Waals surface area contributed by atoms with E-state index < -0.39 is 5.91 Å². The number of fused-ring (bicyclic) bond motifs is 1. The second-order valence-electron chi connectivity index (χ2n) is 7.78. The minimum Gasteiger partial charge on any atom is -0.494 e. The number of benzene rings is 3. The number of pyridine rings is 1. The number of carbonyl (C=O) groups excluding carboxylic acids is 2. The number of nitrogens with zero attached hydrogens (tertiary/aromatic N) is 2. The van der Waals surface area contributed by atoms with Gasteiger partial charge >= 0.3 is 0 Å². The molecule has 0 radical (unpaired) electrons. The van der Waals surface area contributed by atoms with Gasteiger partial charge in [0.1, 0.15) is 22.8 Å². The van der Waals surface area contributed by atoms with Crippen molar-refractivity contribution in [1.82, 2.24) is 10.4 Å². The smallest absolute Gasteiger partial charge is 0.277 e. The van der Waals surface area contributed by atoms with Crippen molar-refractivity contribution in [3.05, 3.63) is 90.6 Å². The second kappa shape index (κ2) is 12.7. The van der Waals surface area contributed by atoms with Gasteiger partial charge in [-0.05, 0) is 73.2 Å². The Balaban J connectivity index is 1.19. The lowest BCUT2D eigenvalue weighted by Crippen LogP contribution is -2.24. The third-order valence-corrected chi connectivity index (χ3v) is 5.06. The molecule has 1 heterocycles. The van der Waals surface area contributed by atoms with Gasteiger partial charge < -0.3 is 19.5 Å². The lowest BCUT2D eigenvalue weighted by Gasteiger charge is -2.09. The van der Waals surface area contributed by atoms with Gasteiger partial charge in [0.2, 0.25) is 0 Å². The zero-order valence-corrected chi connectivity index (χ0v) is 20.2. The van der Waals surface area contributed by atoms with Gasteiger partial charge in [-0.25, -0.2) is 5.43 Å². The topological polar surface area (TPSA) is 111 Å². The maximum atomic E-state index is 12.1. The van der Waals surface area contributed by atoms with E-state index >= 15 is 0 Å². The normalized spacial score (nSPS) is 10.7. The third-order valence-electron chi connectivity index (χ3n) is 5.06. The van der Waals surface area contributed by atoms with Crippen LogP contribution < -0.4 is 25.0 Å². The quantitative estimate of drug-likeness (QED) is 0.237. The Hall–Kier alpha value is -4.92. The van der Waals surface area contributed by atoms with Gasteiger partial charge in [0, 0.05) is 17.3 Å². The van der Waals surface area contributed by atoms with Gasteiger partial charge in [-0.1, -0.05) is 18.2 Å². The van der Waals surface area contributed by atoms with E-state index in [1.54, 1.807) is 60.8 Å². The maximum absolute atomic E-state index is 12.1. The molecule has 4 rings (SSSR count). The first-order valence-corrected chi connectivity index (χ1v) is 11.6. The Morgan fingerprint density at radius 1 is 0.838 bits per heavy atom. The Morgan fingerprint density at radius 3 is 2.32 bits per heavy atom. The molecule has 0 saturated carbocycles. The van der Waals surface area contributed by atoms with Crippen molar-refractivity contribution >= 4 is 34.6 Å². The fraction of sp³-hybridized carbons (Fsp3) is 0.143. The molecule has 9 nitrogen and oxygen atoms in total. The Labute approximate surface area is 214 Å². The zero-order chi connectivity index (χ0) is 25.9. The van der Waals surface area contributed by atoms with Gasteiger partial charge in [-0.15, -0.1) is 0 Å². The van der Waals surface area contributed by atoms with Gasteiger partial charge in [0.05, 0.1) is 12.8 Å².